The number of anilines is 2. The van der Waals surface area contributed by atoms with Crippen LogP contribution in [0.2, 0.25) is 0 Å². The van der Waals surface area contributed by atoms with E-state index in [4.69, 9.17) is 5.73 Å². The molecule has 2 aromatic rings. The van der Waals surface area contributed by atoms with Crippen LogP contribution in [0.15, 0.2) is 42.5 Å². The molecule has 21 heavy (non-hydrogen) atoms. The van der Waals surface area contributed by atoms with Crippen molar-refractivity contribution in [3.8, 4) is 5.75 Å². The van der Waals surface area contributed by atoms with Gasteiger partial charge in [-0.3, -0.25) is 0 Å². The summed E-state index contributed by atoms with van der Waals surface area (Å²) in [4.78, 5) is 0. The topological polar surface area (TPSA) is 82.3 Å². The number of hydrogen-bond donors (Lipinski definition) is 5. The minimum absolute atomic E-state index is 0.145. The van der Waals surface area contributed by atoms with Gasteiger partial charge in [0.05, 0.1) is 6.17 Å². The summed E-state index contributed by atoms with van der Waals surface area (Å²) in [6.07, 6.45) is 1.06. The Labute approximate surface area is 124 Å². The molecule has 0 radical (unpaired) electrons. The van der Waals surface area contributed by atoms with Gasteiger partial charge in [-0.1, -0.05) is 12.1 Å². The molecule has 0 bridgehead atoms. The van der Waals surface area contributed by atoms with E-state index in [-0.39, 0.29) is 18.0 Å². The predicted octanol–water partition coefficient (Wildman–Crippen LogP) is 2.26. The first-order chi connectivity index (χ1) is 10.1. The average Bonchev–Trinajstić information content (AvgIpc) is 2.91. The molecule has 0 spiro atoms. The standard InChI is InChI=1S/C16H20N4O/c1-10-8-12(17)4-7-14(10)18-16-9-15(19-20-16)11-2-5-13(21)6-3-11/h2-8,15-16,18-21H,9,17H2,1H3. The summed E-state index contributed by atoms with van der Waals surface area (Å²) in [5, 5.41) is 12.8. The second-order valence-electron chi connectivity index (χ2n) is 5.44. The van der Waals surface area contributed by atoms with Gasteiger partial charge >= 0.3 is 0 Å². The van der Waals surface area contributed by atoms with E-state index in [9.17, 15) is 5.11 Å². The number of aromatic hydroxyl groups is 1. The fraction of sp³-hybridized carbons (Fsp3) is 0.250. The zero-order chi connectivity index (χ0) is 14.8. The highest BCUT2D eigenvalue weighted by atomic mass is 16.3. The minimum atomic E-state index is 0.145. The van der Waals surface area contributed by atoms with E-state index in [1.54, 1.807) is 12.1 Å². The van der Waals surface area contributed by atoms with Crippen molar-refractivity contribution in [3.05, 3.63) is 53.6 Å². The van der Waals surface area contributed by atoms with Crippen LogP contribution < -0.4 is 21.9 Å². The zero-order valence-corrected chi connectivity index (χ0v) is 11.9. The van der Waals surface area contributed by atoms with E-state index in [1.165, 1.54) is 0 Å². The van der Waals surface area contributed by atoms with Gasteiger partial charge in [-0.05, 0) is 48.4 Å². The van der Waals surface area contributed by atoms with Crippen LogP contribution in [0.1, 0.15) is 23.6 Å². The summed E-state index contributed by atoms with van der Waals surface area (Å²) in [5.74, 6) is 0.289. The van der Waals surface area contributed by atoms with Gasteiger partial charge in [0.2, 0.25) is 0 Å². The Morgan fingerprint density at radius 3 is 2.62 bits per heavy atom. The molecule has 6 N–H and O–H groups in total. The minimum Gasteiger partial charge on any atom is -0.508 e. The fourth-order valence-corrected chi connectivity index (χ4v) is 2.61. The maximum atomic E-state index is 9.34. The van der Waals surface area contributed by atoms with Gasteiger partial charge in [0.25, 0.3) is 0 Å². The smallest absolute Gasteiger partial charge is 0.115 e. The Bertz CT molecular complexity index is 627. The van der Waals surface area contributed by atoms with Gasteiger partial charge in [-0.2, -0.15) is 0 Å². The molecule has 0 aliphatic carbocycles. The van der Waals surface area contributed by atoms with Gasteiger partial charge in [0.15, 0.2) is 0 Å². The van der Waals surface area contributed by atoms with Crippen LogP contribution in [0, 0.1) is 6.92 Å². The summed E-state index contributed by atoms with van der Waals surface area (Å²) in [6.45, 7) is 2.04. The first-order valence-corrected chi connectivity index (χ1v) is 7.04. The van der Waals surface area contributed by atoms with Gasteiger partial charge in [-0.25, -0.2) is 10.9 Å². The SMILES string of the molecule is Cc1cc(N)ccc1NC1CC(c2ccc(O)cc2)NN1. The largest absolute Gasteiger partial charge is 0.508 e. The van der Waals surface area contributed by atoms with E-state index in [0.29, 0.717) is 0 Å². The third kappa shape index (κ3) is 3.09. The number of hydrazine groups is 1. The number of aryl methyl sites for hydroxylation is 1. The molecule has 0 aromatic heterocycles. The van der Waals surface area contributed by atoms with Crippen molar-refractivity contribution in [2.24, 2.45) is 0 Å². The number of phenolic OH excluding ortho intramolecular Hbond substituents is 1. The third-order valence-electron chi connectivity index (χ3n) is 3.78. The number of nitrogens with one attached hydrogen (secondary N) is 3. The average molecular weight is 284 g/mol. The number of nitrogen functional groups attached to an aromatic ring is 1. The summed E-state index contributed by atoms with van der Waals surface area (Å²) in [5.41, 5.74) is 16.4. The second kappa shape index (κ2) is 5.63. The summed E-state index contributed by atoms with van der Waals surface area (Å²) >= 11 is 0. The molecule has 110 valence electrons. The molecule has 0 saturated carbocycles. The highest BCUT2D eigenvalue weighted by Crippen LogP contribution is 2.26. The summed E-state index contributed by atoms with van der Waals surface area (Å²) in [7, 11) is 0. The number of benzene rings is 2. The Balaban J connectivity index is 1.65. The lowest BCUT2D eigenvalue weighted by atomic mass is 10.0. The quantitative estimate of drug-likeness (QED) is 0.559. The van der Waals surface area contributed by atoms with E-state index >= 15 is 0 Å². The molecule has 2 atom stereocenters. The van der Waals surface area contributed by atoms with Crippen LogP contribution in [-0.4, -0.2) is 11.3 Å². The molecular formula is C16H20N4O. The van der Waals surface area contributed by atoms with Gasteiger partial charge < -0.3 is 16.2 Å². The Morgan fingerprint density at radius 2 is 1.90 bits per heavy atom. The third-order valence-corrected chi connectivity index (χ3v) is 3.78. The van der Waals surface area contributed by atoms with Crippen molar-refractivity contribution < 1.29 is 5.11 Å². The van der Waals surface area contributed by atoms with Crippen LogP contribution in [0.25, 0.3) is 0 Å². The highest BCUT2D eigenvalue weighted by molar-refractivity contribution is 5.57. The van der Waals surface area contributed by atoms with E-state index in [0.717, 1.165) is 28.9 Å². The Morgan fingerprint density at radius 1 is 1.14 bits per heavy atom. The maximum absolute atomic E-state index is 9.34. The Kier molecular flexibility index (Phi) is 3.68. The molecule has 2 unspecified atom stereocenters. The van der Waals surface area contributed by atoms with Crippen molar-refractivity contribution in [2.45, 2.75) is 25.6 Å². The van der Waals surface area contributed by atoms with E-state index in [2.05, 4.69) is 16.2 Å². The molecule has 0 amide bonds. The number of hydrogen-bond acceptors (Lipinski definition) is 5. The zero-order valence-electron chi connectivity index (χ0n) is 11.9. The van der Waals surface area contributed by atoms with E-state index < -0.39 is 0 Å². The number of nitrogens with two attached hydrogens (primary N) is 1. The van der Waals surface area contributed by atoms with Crippen molar-refractivity contribution in [1.29, 1.82) is 0 Å². The Hall–Kier alpha value is -2.24. The van der Waals surface area contributed by atoms with E-state index in [1.807, 2.05) is 37.3 Å². The molecule has 1 aliphatic heterocycles. The number of phenols is 1. The maximum Gasteiger partial charge on any atom is 0.115 e. The molecule has 2 aromatic carbocycles. The molecule has 1 heterocycles. The van der Waals surface area contributed by atoms with Gasteiger partial charge in [0, 0.05) is 23.8 Å². The first-order valence-electron chi connectivity index (χ1n) is 7.04. The van der Waals surface area contributed by atoms with Crippen LogP contribution in [0.3, 0.4) is 0 Å². The molecule has 3 rings (SSSR count). The van der Waals surface area contributed by atoms with Crippen molar-refractivity contribution >= 4 is 11.4 Å². The molecular weight excluding hydrogens is 264 g/mol. The van der Waals surface area contributed by atoms with Crippen LogP contribution in [0.5, 0.6) is 5.75 Å². The van der Waals surface area contributed by atoms with Crippen molar-refractivity contribution in [1.82, 2.24) is 10.9 Å². The lowest BCUT2D eigenvalue weighted by Crippen LogP contribution is -2.36. The fourth-order valence-electron chi connectivity index (χ4n) is 2.61. The molecule has 1 aliphatic rings. The number of rotatable bonds is 3. The lowest BCUT2D eigenvalue weighted by molar-refractivity contribution is 0.474. The normalized spacial score (nSPS) is 21.4. The summed E-state index contributed by atoms with van der Waals surface area (Å²) < 4.78 is 0. The predicted molar refractivity (Wildman–Crippen MR) is 84.7 cm³/mol. The van der Waals surface area contributed by atoms with Gasteiger partial charge in [-0.15, -0.1) is 0 Å². The second-order valence-corrected chi connectivity index (χ2v) is 5.44. The lowest BCUT2D eigenvalue weighted by Gasteiger charge is -2.16. The molecule has 1 saturated heterocycles. The first kappa shape index (κ1) is 13.7. The monoisotopic (exact) mass is 284 g/mol. The van der Waals surface area contributed by atoms with Gasteiger partial charge in [0.1, 0.15) is 5.75 Å². The molecule has 5 nitrogen and oxygen atoms in total. The van der Waals surface area contributed by atoms with Crippen molar-refractivity contribution in [2.75, 3.05) is 11.1 Å². The highest BCUT2D eigenvalue weighted by Gasteiger charge is 2.24. The van der Waals surface area contributed by atoms with Crippen LogP contribution >= 0.6 is 0 Å². The molecule has 1 fully saturated rings. The van der Waals surface area contributed by atoms with Crippen LogP contribution in [0.4, 0.5) is 11.4 Å². The van der Waals surface area contributed by atoms with Crippen molar-refractivity contribution in [3.63, 3.8) is 0 Å². The molecule has 5 heteroatoms. The van der Waals surface area contributed by atoms with Crippen LogP contribution in [-0.2, 0) is 0 Å². The summed E-state index contributed by atoms with van der Waals surface area (Å²) in [6, 6.07) is 13.4.